The molecule has 16 heavy (non-hydrogen) atoms. The molecule has 0 aromatic carbocycles. The number of ether oxygens (including phenoxy) is 1. The monoisotopic (exact) mass is 224 g/mol. The van der Waals surface area contributed by atoms with E-state index >= 15 is 0 Å². The van der Waals surface area contributed by atoms with E-state index in [1.807, 2.05) is 0 Å². The van der Waals surface area contributed by atoms with Crippen molar-refractivity contribution in [3.05, 3.63) is 0 Å². The Kier molecular flexibility index (Phi) is 3.18. The molecule has 0 aromatic rings. The van der Waals surface area contributed by atoms with Crippen molar-refractivity contribution in [2.24, 2.45) is 5.92 Å². The second-order valence-corrected chi connectivity index (χ2v) is 5.84. The molecule has 0 aromatic heterocycles. The first kappa shape index (κ1) is 11.0. The highest BCUT2D eigenvalue weighted by Gasteiger charge is 2.40. The lowest BCUT2D eigenvalue weighted by atomic mass is 10.0. The van der Waals surface area contributed by atoms with Crippen LogP contribution < -0.4 is 5.32 Å². The maximum atomic E-state index is 5.53. The minimum absolute atomic E-state index is 0.586. The van der Waals surface area contributed by atoms with Crippen LogP contribution in [0.2, 0.25) is 0 Å². The Morgan fingerprint density at radius 1 is 1.44 bits per heavy atom. The predicted octanol–water partition coefficient (Wildman–Crippen LogP) is 1.24. The summed E-state index contributed by atoms with van der Waals surface area (Å²) in [5, 5.41) is 3.57. The van der Waals surface area contributed by atoms with Crippen molar-refractivity contribution in [1.29, 1.82) is 0 Å². The van der Waals surface area contributed by atoms with E-state index in [9.17, 15) is 0 Å². The lowest BCUT2D eigenvalue weighted by Gasteiger charge is -2.35. The van der Waals surface area contributed by atoms with E-state index in [0.29, 0.717) is 6.04 Å². The predicted molar refractivity (Wildman–Crippen MR) is 64.5 cm³/mol. The summed E-state index contributed by atoms with van der Waals surface area (Å²) in [6.45, 7) is 6.59. The van der Waals surface area contributed by atoms with Crippen LogP contribution in [0.4, 0.5) is 0 Å². The summed E-state index contributed by atoms with van der Waals surface area (Å²) in [6, 6.07) is 2.22. The Morgan fingerprint density at radius 2 is 2.38 bits per heavy atom. The maximum absolute atomic E-state index is 5.53. The third-order valence-electron chi connectivity index (χ3n) is 4.64. The fraction of sp³-hybridized carbons (Fsp3) is 1.00. The largest absolute Gasteiger partial charge is 0.379 e. The molecule has 3 aliphatic rings. The average molecular weight is 224 g/mol. The van der Waals surface area contributed by atoms with Gasteiger partial charge < -0.3 is 10.1 Å². The fourth-order valence-corrected chi connectivity index (χ4v) is 3.82. The highest BCUT2D eigenvalue weighted by molar-refractivity contribution is 4.95. The van der Waals surface area contributed by atoms with E-state index in [0.717, 1.165) is 37.8 Å². The van der Waals surface area contributed by atoms with E-state index in [-0.39, 0.29) is 0 Å². The Labute approximate surface area is 98.5 Å². The van der Waals surface area contributed by atoms with E-state index in [1.165, 1.54) is 32.2 Å². The molecule has 1 saturated carbocycles. The Morgan fingerprint density at radius 3 is 3.00 bits per heavy atom. The number of nitrogens with one attached hydrogen (secondary N) is 1. The van der Waals surface area contributed by atoms with Crippen LogP contribution in [0.15, 0.2) is 0 Å². The molecule has 0 radical (unpaired) electrons. The zero-order chi connectivity index (χ0) is 11.0. The summed E-state index contributed by atoms with van der Waals surface area (Å²) < 4.78 is 5.53. The molecule has 0 spiro atoms. The molecule has 4 unspecified atom stereocenters. The number of fused-ring (bicyclic) bond motifs is 2. The molecule has 3 fully saturated rings. The molecule has 2 bridgehead atoms. The number of likely N-dealkylation sites (tertiary alicyclic amines) is 1. The quantitative estimate of drug-likeness (QED) is 0.780. The van der Waals surface area contributed by atoms with Crippen LogP contribution in [0.5, 0.6) is 0 Å². The van der Waals surface area contributed by atoms with Crippen LogP contribution in [-0.4, -0.2) is 49.3 Å². The number of piperidine rings is 1. The molecular weight excluding hydrogens is 200 g/mol. The van der Waals surface area contributed by atoms with Crippen molar-refractivity contribution in [2.75, 3.05) is 26.3 Å². The second kappa shape index (κ2) is 4.63. The fourth-order valence-electron chi connectivity index (χ4n) is 3.82. The van der Waals surface area contributed by atoms with Crippen LogP contribution in [0.25, 0.3) is 0 Å². The van der Waals surface area contributed by atoms with Gasteiger partial charge in [-0.05, 0) is 38.5 Å². The topological polar surface area (TPSA) is 24.5 Å². The van der Waals surface area contributed by atoms with Crippen molar-refractivity contribution in [1.82, 2.24) is 10.2 Å². The molecule has 92 valence electrons. The third kappa shape index (κ3) is 2.13. The first-order chi connectivity index (χ1) is 7.83. The van der Waals surface area contributed by atoms with Gasteiger partial charge in [0.2, 0.25) is 0 Å². The molecule has 2 aliphatic heterocycles. The lowest BCUT2D eigenvalue weighted by Crippen LogP contribution is -2.47. The number of nitrogens with zero attached hydrogens (tertiary/aromatic N) is 1. The summed E-state index contributed by atoms with van der Waals surface area (Å²) in [4.78, 5) is 2.75. The smallest absolute Gasteiger partial charge is 0.0620 e. The van der Waals surface area contributed by atoms with Gasteiger partial charge in [-0.1, -0.05) is 0 Å². The molecule has 3 rings (SSSR count). The first-order valence-corrected chi connectivity index (χ1v) is 6.90. The van der Waals surface area contributed by atoms with Gasteiger partial charge in [-0.15, -0.1) is 0 Å². The van der Waals surface area contributed by atoms with Gasteiger partial charge in [0.1, 0.15) is 0 Å². The van der Waals surface area contributed by atoms with E-state index in [2.05, 4.69) is 17.1 Å². The molecular formula is C13H24N2O. The zero-order valence-electron chi connectivity index (χ0n) is 10.3. The van der Waals surface area contributed by atoms with Crippen molar-refractivity contribution in [2.45, 2.75) is 50.7 Å². The second-order valence-electron chi connectivity index (χ2n) is 5.84. The van der Waals surface area contributed by atoms with Crippen LogP contribution in [0, 0.1) is 5.92 Å². The molecule has 3 nitrogen and oxygen atoms in total. The number of morpholine rings is 1. The first-order valence-electron chi connectivity index (χ1n) is 6.90. The zero-order valence-corrected chi connectivity index (χ0v) is 10.3. The molecule has 1 N–H and O–H groups in total. The van der Waals surface area contributed by atoms with E-state index < -0.39 is 0 Å². The van der Waals surface area contributed by atoms with Crippen LogP contribution in [-0.2, 0) is 4.74 Å². The van der Waals surface area contributed by atoms with E-state index in [1.54, 1.807) is 0 Å². The standard InChI is InChI=1S/C13H24N2O/c1-10(6-12-9-16-5-4-14-12)15-8-11-2-3-13(15)7-11/h10-14H,2-9H2,1H3. The Hall–Kier alpha value is -0.120. The summed E-state index contributed by atoms with van der Waals surface area (Å²) >= 11 is 0. The summed E-state index contributed by atoms with van der Waals surface area (Å²) in [7, 11) is 0. The van der Waals surface area contributed by atoms with Crippen LogP contribution in [0.3, 0.4) is 0 Å². The molecule has 1 aliphatic carbocycles. The van der Waals surface area contributed by atoms with Gasteiger partial charge >= 0.3 is 0 Å². The van der Waals surface area contributed by atoms with E-state index in [4.69, 9.17) is 4.74 Å². The van der Waals surface area contributed by atoms with Gasteiger partial charge in [-0.2, -0.15) is 0 Å². The van der Waals surface area contributed by atoms with Gasteiger partial charge in [0.25, 0.3) is 0 Å². The molecule has 4 atom stereocenters. The SMILES string of the molecule is CC(CC1COCCN1)N1CC2CCC1C2. The third-order valence-corrected chi connectivity index (χ3v) is 4.64. The molecule has 2 saturated heterocycles. The van der Waals surface area contributed by atoms with Crippen molar-refractivity contribution >= 4 is 0 Å². The Balaban J connectivity index is 1.51. The van der Waals surface area contributed by atoms with Gasteiger partial charge in [-0.25, -0.2) is 0 Å². The maximum Gasteiger partial charge on any atom is 0.0620 e. The average Bonchev–Trinajstić information content (AvgIpc) is 2.92. The lowest BCUT2D eigenvalue weighted by molar-refractivity contribution is 0.0574. The van der Waals surface area contributed by atoms with Gasteiger partial charge in [0, 0.05) is 31.2 Å². The van der Waals surface area contributed by atoms with Crippen molar-refractivity contribution in [3.8, 4) is 0 Å². The van der Waals surface area contributed by atoms with Gasteiger partial charge in [0.15, 0.2) is 0 Å². The van der Waals surface area contributed by atoms with Gasteiger partial charge in [0.05, 0.1) is 13.2 Å². The number of rotatable bonds is 3. The van der Waals surface area contributed by atoms with Gasteiger partial charge in [-0.3, -0.25) is 4.90 Å². The molecule has 2 heterocycles. The normalized spacial score (nSPS) is 41.4. The summed E-state index contributed by atoms with van der Waals surface area (Å²) in [5.74, 6) is 1.02. The highest BCUT2D eigenvalue weighted by atomic mass is 16.5. The minimum Gasteiger partial charge on any atom is -0.379 e. The van der Waals surface area contributed by atoms with Crippen LogP contribution in [0.1, 0.15) is 32.6 Å². The summed E-state index contributed by atoms with van der Waals surface area (Å²) in [5.41, 5.74) is 0. The molecule has 0 amide bonds. The minimum atomic E-state index is 0.586. The number of hydrogen-bond donors (Lipinski definition) is 1. The highest BCUT2D eigenvalue weighted by Crippen LogP contribution is 2.39. The van der Waals surface area contributed by atoms with Crippen molar-refractivity contribution in [3.63, 3.8) is 0 Å². The Bertz CT molecular complexity index is 240. The molecule has 3 heteroatoms. The summed E-state index contributed by atoms with van der Waals surface area (Å²) in [6.07, 6.45) is 5.66. The van der Waals surface area contributed by atoms with Crippen molar-refractivity contribution < 1.29 is 4.74 Å². The number of hydrogen-bond acceptors (Lipinski definition) is 3. The van der Waals surface area contributed by atoms with Crippen LogP contribution >= 0.6 is 0 Å².